The molecule has 0 fully saturated rings. The van der Waals surface area contributed by atoms with Gasteiger partial charge in [0.25, 0.3) is 0 Å². The Balaban J connectivity index is 2.60. The summed E-state index contributed by atoms with van der Waals surface area (Å²) in [6.45, 7) is 5.68. The van der Waals surface area contributed by atoms with Crippen molar-refractivity contribution < 1.29 is 4.74 Å². The molecule has 3 heteroatoms. The topological polar surface area (TPSA) is 12.5 Å². The van der Waals surface area contributed by atoms with E-state index in [2.05, 4.69) is 53.9 Å². The number of hydrogen-bond acceptors (Lipinski definition) is 2. The van der Waals surface area contributed by atoms with Crippen LogP contribution in [0.1, 0.15) is 25.8 Å². The number of ether oxygens (including phenoxy) is 1. The zero-order valence-electron chi connectivity index (χ0n) is 12.5. The SMILES string of the molecule is CCC(CBr)CN(C)C(C)Cc1ccccc1OC. The molecule has 0 saturated heterocycles. The van der Waals surface area contributed by atoms with Gasteiger partial charge in [-0.15, -0.1) is 0 Å². The highest BCUT2D eigenvalue weighted by Gasteiger charge is 2.15. The molecule has 0 aliphatic carbocycles. The Hall–Kier alpha value is -0.540. The van der Waals surface area contributed by atoms with Gasteiger partial charge in [0.15, 0.2) is 0 Å². The Morgan fingerprint density at radius 2 is 2.00 bits per heavy atom. The lowest BCUT2D eigenvalue weighted by molar-refractivity contribution is 0.222. The fourth-order valence-corrected chi connectivity index (χ4v) is 2.88. The summed E-state index contributed by atoms with van der Waals surface area (Å²) in [4.78, 5) is 2.45. The van der Waals surface area contributed by atoms with Gasteiger partial charge in [-0.2, -0.15) is 0 Å². The van der Waals surface area contributed by atoms with Gasteiger partial charge in [-0.1, -0.05) is 47.5 Å². The van der Waals surface area contributed by atoms with Crippen LogP contribution < -0.4 is 4.74 Å². The molecule has 0 radical (unpaired) electrons. The molecule has 0 saturated carbocycles. The van der Waals surface area contributed by atoms with E-state index in [9.17, 15) is 0 Å². The van der Waals surface area contributed by atoms with Gasteiger partial charge in [-0.25, -0.2) is 0 Å². The highest BCUT2D eigenvalue weighted by molar-refractivity contribution is 9.09. The third kappa shape index (κ3) is 5.15. The molecule has 0 aliphatic heterocycles. The van der Waals surface area contributed by atoms with Gasteiger partial charge in [-0.3, -0.25) is 0 Å². The molecule has 108 valence electrons. The lowest BCUT2D eigenvalue weighted by atomic mass is 10.0. The number of para-hydroxylation sites is 1. The Bertz CT molecular complexity index is 366. The summed E-state index contributed by atoms with van der Waals surface area (Å²) in [5.41, 5.74) is 1.29. The molecule has 1 rings (SSSR count). The van der Waals surface area contributed by atoms with Crippen LogP contribution >= 0.6 is 15.9 Å². The molecule has 2 unspecified atom stereocenters. The standard InChI is InChI=1S/C16H26BrNO/c1-5-14(11-17)12-18(3)13(2)10-15-8-6-7-9-16(15)19-4/h6-9,13-14H,5,10-12H2,1-4H3. The van der Waals surface area contributed by atoms with Gasteiger partial charge >= 0.3 is 0 Å². The number of rotatable bonds is 8. The van der Waals surface area contributed by atoms with Crippen LogP contribution in [0.25, 0.3) is 0 Å². The minimum atomic E-state index is 0.518. The molecule has 1 aromatic carbocycles. The zero-order valence-corrected chi connectivity index (χ0v) is 14.1. The summed E-state index contributed by atoms with van der Waals surface area (Å²) < 4.78 is 5.42. The number of likely N-dealkylation sites (N-methyl/N-ethyl adjacent to an activating group) is 1. The van der Waals surface area contributed by atoms with Gasteiger partial charge in [0.2, 0.25) is 0 Å². The van der Waals surface area contributed by atoms with Crippen molar-refractivity contribution in [2.24, 2.45) is 5.92 Å². The van der Waals surface area contributed by atoms with Crippen LogP contribution in [0.15, 0.2) is 24.3 Å². The molecule has 0 N–H and O–H groups in total. The molecule has 0 spiro atoms. The number of alkyl halides is 1. The summed E-state index contributed by atoms with van der Waals surface area (Å²) >= 11 is 3.60. The van der Waals surface area contributed by atoms with Crippen molar-refractivity contribution in [1.29, 1.82) is 0 Å². The molecule has 19 heavy (non-hydrogen) atoms. The quantitative estimate of drug-likeness (QED) is 0.669. The summed E-state index contributed by atoms with van der Waals surface area (Å²) in [6.07, 6.45) is 2.25. The maximum atomic E-state index is 5.42. The Morgan fingerprint density at radius 3 is 2.58 bits per heavy atom. The fraction of sp³-hybridized carbons (Fsp3) is 0.625. The first kappa shape index (κ1) is 16.5. The molecule has 2 nitrogen and oxygen atoms in total. The highest BCUT2D eigenvalue weighted by atomic mass is 79.9. The van der Waals surface area contributed by atoms with Crippen LogP contribution in [-0.2, 0) is 6.42 Å². The summed E-state index contributed by atoms with van der Waals surface area (Å²) in [5.74, 6) is 1.72. The Labute approximate surface area is 126 Å². The van der Waals surface area contributed by atoms with Crippen molar-refractivity contribution in [2.45, 2.75) is 32.7 Å². The Kier molecular flexibility index (Phi) is 7.47. The van der Waals surface area contributed by atoms with E-state index in [1.54, 1.807) is 7.11 Å². The van der Waals surface area contributed by atoms with Crippen LogP contribution in [0, 0.1) is 5.92 Å². The van der Waals surface area contributed by atoms with Crippen LogP contribution in [0.2, 0.25) is 0 Å². The normalized spacial score (nSPS) is 14.4. The molecule has 1 aromatic rings. The molecule has 0 aromatic heterocycles. The predicted octanol–water partition coefficient (Wildman–Crippen LogP) is 3.98. The first-order valence-electron chi connectivity index (χ1n) is 7.00. The van der Waals surface area contributed by atoms with E-state index in [1.165, 1.54) is 12.0 Å². The van der Waals surface area contributed by atoms with E-state index >= 15 is 0 Å². The van der Waals surface area contributed by atoms with Gasteiger partial charge in [0, 0.05) is 17.9 Å². The zero-order chi connectivity index (χ0) is 14.3. The third-order valence-corrected chi connectivity index (χ3v) is 4.72. The van der Waals surface area contributed by atoms with Crippen LogP contribution in [0.4, 0.5) is 0 Å². The second-order valence-electron chi connectivity index (χ2n) is 5.23. The minimum Gasteiger partial charge on any atom is -0.496 e. The maximum absolute atomic E-state index is 5.42. The fourth-order valence-electron chi connectivity index (χ4n) is 2.22. The number of benzene rings is 1. The average molecular weight is 328 g/mol. The van der Waals surface area contributed by atoms with Gasteiger partial charge < -0.3 is 9.64 Å². The summed E-state index contributed by atoms with van der Waals surface area (Å²) in [7, 11) is 3.95. The van der Waals surface area contributed by atoms with E-state index in [0.29, 0.717) is 6.04 Å². The van der Waals surface area contributed by atoms with Gasteiger partial charge in [0.1, 0.15) is 5.75 Å². The average Bonchev–Trinajstić information content (AvgIpc) is 2.44. The third-order valence-electron chi connectivity index (χ3n) is 3.80. The lowest BCUT2D eigenvalue weighted by Gasteiger charge is -2.28. The molecular formula is C16H26BrNO. The molecule has 0 aliphatic rings. The minimum absolute atomic E-state index is 0.518. The van der Waals surface area contributed by atoms with Crippen LogP contribution in [-0.4, -0.2) is 37.0 Å². The predicted molar refractivity (Wildman–Crippen MR) is 86.4 cm³/mol. The van der Waals surface area contributed by atoms with Crippen molar-refractivity contribution >= 4 is 15.9 Å². The first-order chi connectivity index (χ1) is 9.12. The summed E-state index contributed by atoms with van der Waals surface area (Å²) in [6, 6.07) is 8.82. The highest BCUT2D eigenvalue weighted by Crippen LogP contribution is 2.20. The number of methoxy groups -OCH3 is 1. The van der Waals surface area contributed by atoms with E-state index in [-0.39, 0.29) is 0 Å². The second-order valence-corrected chi connectivity index (χ2v) is 5.88. The van der Waals surface area contributed by atoms with Gasteiger partial charge in [0.05, 0.1) is 7.11 Å². The number of nitrogens with zero attached hydrogens (tertiary/aromatic N) is 1. The van der Waals surface area contributed by atoms with Crippen molar-refractivity contribution in [3.05, 3.63) is 29.8 Å². The van der Waals surface area contributed by atoms with Gasteiger partial charge in [-0.05, 0) is 37.9 Å². The number of halogens is 1. The molecule has 0 bridgehead atoms. The molecule has 0 amide bonds. The molecule has 2 atom stereocenters. The van der Waals surface area contributed by atoms with Crippen molar-refractivity contribution in [2.75, 3.05) is 26.0 Å². The van der Waals surface area contributed by atoms with Crippen molar-refractivity contribution in [3.8, 4) is 5.75 Å². The van der Waals surface area contributed by atoms with E-state index in [4.69, 9.17) is 4.74 Å². The van der Waals surface area contributed by atoms with Crippen LogP contribution in [0.3, 0.4) is 0 Å². The van der Waals surface area contributed by atoms with E-state index in [1.807, 2.05) is 12.1 Å². The lowest BCUT2D eigenvalue weighted by Crippen LogP contribution is -2.35. The van der Waals surface area contributed by atoms with Crippen molar-refractivity contribution in [1.82, 2.24) is 4.90 Å². The number of hydrogen-bond donors (Lipinski definition) is 0. The summed E-state index contributed by atoms with van der Waals surface area (Å²) in [5, 5.41) is 1.08. The maximum Gasteiger partial charge on any atom is 0.122 e. The largest absolute Gasteiger partial charge is 0.496 e. The van der Waals surface area contributed by atoms with Crippen molar-refractivity contribution in [3.63, 3.8) is 0 Å². The van der Waals surface area contributed by atoms with Crippen LogP contribution in [0.5, 0.6) is 5.75 Å². The van der Waals surface area contributed by atoms with E-state index in [0.717, 1.165) is 30.0 Å². The van der Waals surface area contributed by atoms with E-state index < -0.39 is 0 Å². The molecule has 0 heterocycles. The monoisotopic (exact) mass is 327 g/mol. The first-order valence-corrected chi connectivity index (χ1v) is 8.12. The smallest absolute Gasteiger partial charge is 0.122 e. The Morgan fingerprint density at radius 1 is 1.32 bits per heavy atom. The second kappa shape index (κ2) is 8.60. The molecular weight excluding hydrogens is 302 g/mol.